The van der Waals surface area contributed by atoms with Crippen molar-refractivity contribution in [2.75, 3.05) is 27.2 Å². The number of hydrogen-bond acceptors (Lipinski definition) is 4. The van der Waals surface area contributed by atoms with Crippen molar-refractivity contribution in [3.05, 3.63) is 36.4 Å². The van der Waals surface area contributed by atoms with Crippen LogP contribution in [0, 0.1) is 0 Å². The Balaban J connectivity index is 0.00000220. The highest BCUT2D eigenvalue weighted by atomic mass is 35.5. The summed E-state index contributed by atoms with van der Waals surface area (Å²) < 4.78 is 32.5. The largest absolute Gasteiger partial charge is 0.496 e. The van der Waals surface area contributed by atoms with Crippen LogP contribution in [0.4, 0.5) is 0 Å². The van der Waals surface area contributed by atoms with E-state index in [1.807, 2.05) is 18.2 Å². The lowest BCUT2D eigenvalue weighted by molar-refractivity contribution is 0.419. The molecule has 0 radical (unpaired) electrons. The predicted molar refractivity (Wildman–Crippen MR) is 86.9 cm³/mol. The van der Waals surface area contributed by atoms with E-state index in [4.69, 9.17) is 4.74 Å². The lowest BCUT2D eigenvalue weighted by atomic mass is 10.1. The molecule has 0 atom stereocenters. The van der Waals surface area contributed by atoms with Gasteiger partial charge in [-0.2, -0.15) is 0 Å². The van der Waals surface area contributed by atoms with Gasteiger partial charge in [-0.15, -0.1) is 12.4 Å². The van der Waals surface area contributed by atoms with Crippen LogP contribution in [0.15, 0.2) is 41.3 Å². The van der Waals surface area contributed by atoms with Gasteiger partial charge in [-0.05, 0) is 19.2 Å². The van der Waals surface area contributed by atoms with Crippen molar-refractivity contribution < 1.29 is 13.2 Å². The van der Waals surface area contributed by atoms with Crippen LogP contribution < -0.4 is 14.8 Å². The van der Waals surface area contributed by atoms with Crippen LogP contribution in [0.25, 0.3) is 10.8 Å². The molecule has 0 aromatic heterocycles. The SMILES string of the molecule is CNCCNS(=O)(=O)c1ccc(OC)c2ccccc12.Cl. The Morgan fingerprint density at radius 1 is 1.05 bits per heavy atom. The second kappa shape index (κ2) is 7.61. The summed E-state index contributed by atoms with van der Waals surface area (Å²) >= 11 is 0. The van der Waals surface area contributed by atoms with E-state index < -0.39 is 10.0 Å². The topological polar surface area (TPSA) is 67.4 Å². The van der Waals surface area contributed by atoms with E-state index in [0.29, 0.717) is 24.2 Å². The summed E-state index contributed by atoms with van der Waals surface area (Å²) in [7, 11) is -0.184. The molecule has 0 fully saturated rings. The predicted octanol–water partition coefficient (Wildman–Crippen LogP) is 1.77. The minimum absolute atomic E-state index is 0. The van der Waals surface area contributed by atoms with Crippen LogP contribution in [-0.4, -0.2) is 35.7 Å². The molecule has 21 heavy (non-hydrogen) atoms. The summed E-state index contributed by atoms with van der Waals surface area (Å²) in [5, 5.41) is 4.34. The minimum atomic E-state index is -3.53. The van der Waals surface area contributed by atoms with E-state index in [2.05, 4.69) is 10.0 Å². The molecule has 0 bridgehead atoms. The first-order valence-corrected chi connectivity index (χ1v) is 7.78. The Labute approximate surface area is 131 Å². The van der Waals surface area contributed by atoms with Gasteiger partial charge >= 0.3 is 0 Å². The van der Waals surface area contributed by atoms with Crippen LogP contribution >= 0.6 is 12.4 Å². The van der Waals surface area contributed by atoms with Gasteiger partial charge in [0.25, 0.3) is 0 Å². The number of hydrogen-bond donors (Lipinski definition) is 2. The number of methoxy groups -OCH3 is 1. The molecule has 0 aliphatic carbocycles. The summed E-state index contributed by atoms with van der Waals surface area (Å²) in [6.45, 7) is 0.923. The number of benzene rings is 2. The molecule has 2 rings (SSSR count). The summed E-state index contributed by atoms with van der Waals surface area (Å²) in [6.07, 6.45) is 0. The molecule has 0 saturated carbocycles. The average molecular weight is 331 g/mol. The van der Waals surface area contributed by atoms with Crippen molar-refractivity contribution in [2.45, 2.75) is 4.90 Å². The third-order valence-electron chi connectivity index (χ3n) is 3.02. The van der Waals surface area contributed by atoms with E-state index in [1.165, 1.54) is 0 Å². The first-order valence-electron chi connectivity index (χ1n) is 6.30. The maximum atomic E-state index is 12.3. The molecule has 5 nitrogen and oxygen atoms in total. The van der Waals surface area contributed by atoms with Crippen molar-refractivity contribution in [3.63, 3.8) is 0 Å². The molecular formula is C14H19ClN2O3S. The average Bonchev–Trinajstić information content (AvgIpc) is 2.46. The lowest BCUT2D eigenvalue weighted by Gasteiger charge is -2.11. The second-order valence-corrected chi connectivity index (χ2v) is 6.05. The number of halogens is 1. The zero-order valence-electron chi connectivity index (χ0n) is 11.9. The normalized spacial score (nSPS) is 11.1. The standard InChI is InChI=1S/C14H18N2O3S.ClH/c1-15-9-10-16-20(17,18)14-8-7-13(19-2)11-5-3-4-6-12(11)14;/h3-8,15-16H,9-10H2,1-2H3;1H. The Kier molecular flexibility index (Phi) is 6.42. The smallest absolute Gasteiger partial charge is 0.241 e. The Morgan fingerprint density at radius 3 is 2.33 bits per heavy atom. The van der Waals surface area contributed by atoms with Gasteiger partial charge < -0.3 is 10.1 Å². The van der Waals surface area contributed by atoms with Crippen molar-refractivity contribution >= 4 is 33.2 Å². The van der Waals surface area contributed by atoms with Gasteiger partial charge in [0, 0.05) is 23.9 Å². The van der Waals surface area contributed by atoms with Crippen molar-refractivity contribution in [2.24, 2.45) is 0 Å². The van der Waals surface area contributed by atoms with Gasteiger partial charge in [0.05, 0.1) is 12.0 Å². The van der Waals surface area contributed by atoms with E-state index in [-0.39, 0.29) is 17.3 Å². The van der Waals surface area contributed by atoms with E-state index in [9.17, 15) is 8.42 Å². The molecule has 0 heterocycles. The first-order chi connectivity index (χ1) is 9.60. The van der Waals surface area contributed by atoms with Gasteiger partial charge in [-0.25, -0.2) is 13.1 Å². The molecule has 0 aliphatic rings. The maximum Gasteiger partial charge on any atom is 0.241 e. The Hall–Kier alpha value is -1.34. The van der Waals surface area contributed by atoms with Crippen molar-refractivity contribution in [1.29, 1.82) is 0 Å². The Bertz CT molecular complexity index is 704. The fourth-order valence-corrected chi connectivity index (χ4v) is 3.29. The van der Waals surface area contributed by atoms with Gasteiger partial charge in [0.2, 0.25) is 10.0 Å². The molecule has 0 amide bonds. The van der Waals surface area contributed by atoms with Gasteiger partial charge in [0.1, 0.15) is 5.75 Å². The molecular weight excluding hydrogens is 312 g/mol. The monoisotopic (exact) mass is 330 g/mol. The number of fused-ring (bicyclic) bond motifs is 1. The van der Waals surface area contributed by atoms with Crippen LogP contribution in [0.2, 0.25) is 0 Å². The molecule has 0 aliphatic heterocycles. The third kappa shape index (κ3) is 3.85. The second-order valence-electron chi connectivity index (χ2n) is 4.31. The molecule has 0 unspecified atom stereocenters. The Morgan fingerprint density at radius 2 is 1.71 bits per heavy atom. The maximum absolute atomic E-state index is 12.3. The van der Waals surface area contributed by atoms with Crippen LogP contribution in [0.1, 0.15) is 0 Å². The number of sulfonamides is 1. The summed E-state index contributed by atoms with van der Waals surface area (Å²) in [5.74, 6) is 0.662. The number of ether oxygens (including phenoxy) is 1. The van der Waals surface area contributed by atoms with E-state index in [1.54, 1.807) is 32.4 Å². The van der Waals surface area contributed by atoms with Crippen molar-refractivity contribution in [3.8, 4) is 5.75 Å². The van der Waals surface area contributed by atoms with Gasteiger partial charge in [-0.3, -0.25) is 0 Å². The fraction of sp³-hybridized carbons (Fsp3) is 0.286. The third-order valence-corrected chi connectivity index (χ3v) is 4.54. The van der Waals surface area contributed by atoms with Crippen LogP contribution in [0.3, 0.4) is 0 Å². The molecule has 0 saturated heterocycles. The zero-order valence-corrected chi connectivity index (χ0v) is 13.6. The van der Waals surface area contributed by atoms with Crippen LogP contribution in [0.5, 0.6) is 5.75 Å². The highest BCUT2D eigenvalue weighted by Gasteiger charge is 2.18. The van der Waals surface area contributed by atoms with E-state index in [0.717, 1.165) is 5.39 Å². The first kappa shape index (κ1) is 17.7. The summed E-state index contributed by atoms with van der Waals surface area (Å²) in [6, 6.07) is 10.5. The van der Waals surface area contributed by atoms with Gasteiger partial charge in [-0.1, -0.05) is 24.3 Å². The summed E-state index contributed by atoms with van der Waals surface area (Å²) in [4.78, 5) is 0.269. The highest BCUT2D eigenvalue weighted by Crippen LogP contribution is 2.30. The molecule has 7 heteroatoms. The van der Waals surface area contributed by atoms with Crippen LogP contribution in [-0.2, 0) is 10.0 Å². The van der Waals surface area contributed by atoms with Crippen molar-refractivity contribution in [1.82, 2.24) is 10.0 Å². The molecule has 2 aromatic carbocycles. The van der Waals surface area contributed by atoms with E-state index >= 15 is 0 Å². The molecule has 2 N–H and O–H groups in total. The number of likely N-dealkylation sites (N-methyl/N-ethyl adjacent to an activating group) is 1. The molecule has 0 spiro atoms. The zero-order chi connectivity index (χ0) is 14.6. The number of rotatable bonds is 6. The molecule has 116 valence electrons. The molecule has 2 aromatic rings. The minimum Gasteiger partial charge on any atom is -0.496 e. The number of nitrogens with one attached hydrogen (secondary N) is 2. The fourth-order valence-electron chi connectivity index (χ4n) is 2.04. The van der Waals surface area contributed by atoms with Gasteiger partial charge in [0.15, 0.2) is 0 Å². The highest BCUT2D eigenvalue weighted by molar-refractivity contribution is 7.89. The quantitative estimate of drug-likeness (QED) is 0.792. The lowest BCUT2D eigenvalue weighted by Crippen LogP contribution is -2.30. The summed E-state index contributed by atoms with van der Waals surface area (Å²) in [5.41, 5.74) is 0.